The molecule has 3 aromatic carbocycles. The molecule has 0 bridgehead atoms. The van der Waals surface area contributed by atoms with Gasteiger partial charge in [-0.2, -0.15) is 0 Å². The lowest BCUT2D eigenvalue weighted by atomic mass is 9.92. The van der Waals surface area contributed by atoms with Crippen molar-refractivity contribution in [1.82, 2.24) is 0 Å². The number of hydrogen-bond donors (Lipinski definition) is 0. The van der Waals surface area contributed by atoms with Crippen LogP contribution in [-0.4, -0.2) is 0 Å². The molecule has 1 aliphatic rings. The first-order valence-electron chi connectivity index (χ1n) is 12.3. The van der Waals surface area contributed by atoms with Crippen LogP contribution in [0.3, 0.4) is 0 Å². The number of benzene rings is 3. The Bertz CT molecular complexity index is 1630. The highest BCUT2D eigenvalue weighted by atomic mass is 16.3. The molecule has 168 valence electrons. The molecule has 0 saturated heterocycles. The van der Waals surface area contributed by atoms with E-state index in [2.05, 4.69) is 66.8 Å². The van der Waals surface area contributed by atoms with Crippen molar-refractivity contribution in [3.05, 3.63) is 82.8 Å². The molecule has 0 atom stereocenters. The predicted octanol–water partition coefficient (Wildman–Crippen LogP) is 8.13. The maximum Gasteiger partial charge on any atom is 0.224 e. The monoisotopic (exact) mass is 445 g/mol. The van der Waals surface area contributed by atoms with E-state index >= 15 is 0 Å². The number of hydrogen-bond acceptors (Lipinski definition) is 1. The summed E-state index contributed by atoms with van der Waals surface area (Å²) in [4.78, 5) is 3.59. The molecular formula is C31H29N2O+. The fourth-order valence-corrected chi connectivity index (χ4v) is 5.89. The van der Waals surface area contributed by atoms with Crippen molar-refractivity contribution >= 4 is 38.4 Å². The molecule has 0 aliphatic heterocycles. The maximum atomic E-state index is 7.38. The molecule has 3 nitrogen and oxygen atoms in total. The van der Waals surface area contributed by atoms with Gasteiger partial charge < -0.3 is 4.42 Å². The SMILES string of the molecule is [C-]#[N+]c1ccc2c(c1)oc1c(-c3c4ccc(CC5CCCC5)cc4cc[n+]3C)c(C)c(C)cc12. The van der Waals surface area contributed by atoms with E-state index in [1.54, 1.807) is 0 Å². The molecule has 2 heterocycles. The third-order valence-electron chi connectivity index (χ3n) is 7.83. The summed E-state index contributed by atoms with van der Waals surface area (Å²) in [6.45, 7) is 11.8. The molecule has 0 radical (unpaired) electrons. The van der Waals surface area contributed by atoms with Crippen molar-refractivity contribution in [2.45, 2.75) is 46.0 Å². The minimum absolute atomic E-state index is 0.604. The van der Waals surface area contributed by atoms with Crippen molar-refractivity contribution < 1.29 is 8.98 Å². The first-order valence-corrected chi connectivity index (χ1v) is 12.3. The Morgan fingerprint density at radius 3 is 2.56 bits per heavy atom. The van der Waals surface area contributed by atoms with Gasteiger partial charge in [-0.05, 0) is 66.5 Å². The fraction of sp³-hybridized carbons (Fsp3) is 0.290. The van der Waals surface area contributed by atoms with E-state index in [0.717, 1.165) is 33.4 Å². The molecule has 0 N–H and O–H groups in total. The van der Waals surface area contributed by atoms with Crippen molar-refractivity contribution in [3.8, 4) is 11.3 Å². The van der Waals surface area contributed by atoms with Gasteiger partial charge in [0.05, 0.1) is 17.5 Å². The number of nitrogens with zero attached hydrogens (tertiary/aromatic N) is 2. The van der Waals surface area contributed by atoms with Crippen LogP contribution in [-0.2, 0) is 13.5 Å². The summed E-state index contributed by atoms with van der Waals surface area (Å²) in [5, 5.41) is 4.70. The smallest absolute Gasteiger partial charge is 0.224 e. The van der Waals surface area contributed by atoms with Crippen LogP contribution in [0.25, 0.3) is 48.8 Å². The van der Waals surface area contributed by atoms with Gasteiger partial charge in [-0.25, -0.2) is 9.41 Å². The van der Waals surface area contributed by atoms with E-state index in [9.17, 15) is 0 Å². The van der Waals surface area contributed by atoms with Crippen LogP contribution in [0.4, 0.5) is 5.69 Å². The molecule has 2 aromatic heterocycles. The largest absolute Gasteiger partial charge is 0.456 e. The van der Waals surface area contributed by atoms with E-state index in [0.29, 0.717) is 5.69 Å². The lowest BCUT2D eigenvalue weighted by Crippen LogP contribution is -2.31. The molecule has 5 aromatic rings. The molecular weight excluding hydrogens is 416 g/mol. The molecule has 1 fully saturated rings. The van der Waals surface area contributed by atoms with Gasteiger partial charge in [0.1, 0.15) is 18.2 Å². The Morgan fingerprint density at radius 2 is 1.76 bits per heavy atom. The minimum Gasteiger partial charge on any atom is -0.456 e. The highest BCUT2D eigenvalue weighted by molar-refractivity contribution is 6.12. The number of fused-ring (bicyclic) bond motifs is 4. The lowest BCUT2D eigenvalue weighted by Gasteiger charge is -2.13. The van der Waals surface area contributed by atoms with Crippen molar-refractivity contribution in [2.24, 2.45) is 13.0 Å². The number of pyridine rings is 1. The summed E-state index contributed by atoms with van der Waals surface area (Å²) < 4.78 is 8.70. The zero-order valence-corrected chi connectivity index (χ0v) is 20.1. The Balaban J connectivity index is 1.60. The van der Waals surface area contributed by atoms with Gasteiger partial charge in [0.15, 0.2) is 11.9 Å². The van der Waals surface area contributed by atoms with Gasteiger partial charge in [0.2, 0.25) is 5.69 Å². The van der Waals surface area contributed by atoms with Gasteiger partial charge in [0, 0.05) is 16.8 Å². The molecule has 0 amide bonds. The van der Waals surface area contributed by atoms with Crippen LogP contribution in [0.15, 0.2) is 59.1 Å². The Kier molecular flexibility index (Phi) is 4.92. The molecule has 0 spiro atoms. The number of furan rings is 1. The van der Waals surface area contributed by atoms with E-state index < -0.39 is 0 Å². The zero-order chi connectivity index (χ0) is 23.4. The summed E-state index contributed by atoms with van der Waals surface area (Å²) in [5.74, 6) is 0.839. The van der Waals surface area contributed by atoms with Gasteiger partial charge in [-0.15, -0.1) is 0 Å². The standard InChI is InChI=1S/C31H29N2O/c1-19-15-27-26-12-10-24(32-3)18-28(26)34-31(27)29(20(19)2)30-25-11-9-22(16-21-7-5-6-8-21)17-23(25)13-14-33(30)4/h9-15,17-18,21H,5-8,16H2,1-2,4H3/q+1. The summed E-state index contributed by atoms with van der Waals surface area (Å²) in [6, 6.07) is 17.2. The molecule has 1 saturated carbocycles. The lowest BCUT2D eigenvalue weighted by molar-refractivity contribution is -0.659. The molecule has 6 rings (SSSR count). The van der Waals surface area contributed by atoms with Crippen LogP contribution in [0.1, 0.15) is 42.4 Å². The first kappa shape index (κ1) is 20.9. The quantitative estimate of drug-likeness (QED) is 0.203. The zero-order valence-electron chi connectivity index (χ0n) is 20.1. The van der Waals surface area contributed by atoms with Crippen LogP contribution in [0, 0.1) is 26.3 Å². The fourth-order valence-electron chi connectivity index (χ4n) is 5.89. The van der Waals surface area contributed by atoms with Gasteiger partial charge in [-0.1, -0.05) is 49.9 Å². The molecule has 1 aliphatic carbocycles. The normalized spacial score (nSPS) is 14.4. The minimum atomic E-state index is 0.604. The second-order valence-corrected chi connectivity index (χ2v) is 10.0. The summed E-state index contributed by atoms with van der Waals surface area (Å²) in [6.07, 6.45) is 8.87. The topological polar surface area (TPSA) is 21.4 Å². The predicted molar refractivity (Wildman–Crippen MR) is 139 cm³/mol. The van der Waals surface area contributed by atoms with Crippen molar-refractivity contribution in [1.29, 1.82) is 0 Å². The molecule has 34 heavy (non-hydrogen) atoms. The Labute approximate surface area is 200 Å². The van der Waals surface area contributed by atoms with E-state index in [-0.39, 0.29) is 0 Å². The van der Waals surface area contributed by atoms with E-state index in [4.69, 9.17) is 11.0 Å². The van der Waals surface area contributed by atoms with Crippen molar-refractivity contribution in [3.63, 3.8) is 0 Å². The second kappa shape index (κ2) is 7.99. The molecule has 0 unspecified atom stereocenters. The van der Waals surface area contributed by atoms with Gasteiger partial charge in [0.25, 0.3) is 0 Å². The molecule has 3 heteroatoms. The van der Waals surface area contributed by atoms with Crippen LogP contribution in [0.5, 0.6) is 0 Å². The van der Waals surface area contributed by atoms with Crippen LogP contribution in [0.2, 0.25) is 0 Å². The summed E-state index contributed by atoms with van der Waals surface area (Å²) in [7, 11) is 2.12. The number of rotatable bonds is 3. The average molecular weight is 446 g/mol. The van der Waals surface area contributed by atoms with Gasteiger partial charge in [-0.3, -0.25) is 0 Å². The number of aromatic nitrogens is 1. The third kappa shape index (κ3) is 3.29. The van der Waals surface area contributed by atoms with Crippen molar-refractivity contribution in [2.75, 3.05) is 0 Å². The number of aryl methyl sites for hydroxylation is 2. The van der Waals surface area contributed by atoms with Crippen LogP contribution >= 0.6 is 0 Å². The second-order valence-electron chi connectivity index (χ2n) is 10.0. The first-order chi connectivity index (χ1) is 16.5. The maximum absolute atomic E-state index is 7.38. The van der Waals surface area contributed by atoms with E-state index in [1.807, 2.05) is 18.2 Å². The van der Waals surface area contributed by atoms with Gasteiger partial charge >= 0.3 is 0 Å². The Morgan fingerprint density at radius 1 is 0.971 bits per heavy atom. The van der Waals surface area contributed by atoms with E-state index in [1.165, 1.54) is 65.3 Å². The summed E-state index contributed by atoms with van der Waals surface area (Å²) >= 11 is 0. The highest BCUT2D eigenvalue weighted by Crippen LogP contribution is 2.41. The Hall–Kier alpha value is -3.64. The highest BCUT2D eigenvalue weighted by Gasteiger charge is 2.25. The average Bonchev–Trinajstić information content (AvgIpc) is 3.48. The summed E-state index contributed by atoms with van der Waals surface area (Å²) in [5.41, 5.74) is 8.53. The van der Waals surface area contributed by atoms with Crippen LogP contribution < -0.4 is 4.57 Å². The third-order valence-corrected chi connectivity index (χ3v) is 7.83.